The Bertz CT molecular complexity index is 4510. The van der Waals surface area contributed by atoms with Crippen molar-refractivity contribution >= 4 is 34.9 Å². The number of carbonyl (C=O) groups is 2. The van der Waals surface area contributed by atoms with Crippen molar-refractivity contribution in [1.82, 2.24) is 5.32 Å². The average molecular weight is 1500 g/mol. The number of nitrogens with zero attached hydrogens (tertiary/aromatic N) is 3. The third-order valence-corrected chi connectivity index (χ3v) is 24.1. The lowest BCUT2D eigenvalue weighted by Gasteiger charge is -2.33. The number of hydrogen-bond donors (Lipinski definition) is 2. The molecule has 0 bridgehead atoms. The molecule has 12 rings (SSSR count). The van der Waals surface area contributed by atoms with Crippen LogP contribution in [0.5, 0.6) is 92.0 Å². The van der Waals surface area contributed by atoms with Gasteiger partial charge < -0.3 is 84.9 Å². The number of rotatable bonds is 36. The second-order valence-corrected chi connectivity index (χ2v) is 30.0. The fraction of sp³-hybridized carbons (Fsp3) is 0.160. The highest BCUT2D eigenvalue weighted by atomic mass is 31.3. The number of carbonyl (C=O) groups excluding carboxylic acids is 1. The minimum absolute atomic E-state index is 0.0711. The third-order valence-electron chi connectivity index (χ3n) is 16.0. The van der Waals surface area contributed by atoms with Crippen LogP contribution >= 0.6 is 23.0 Å². The minimum Gasteiger partial charge on any atom is -0.497 e. The molecule has 0 saturated carbocycles. The number of benzene rings is 11. The van der Waals surface area contributed by atoms with Crippen LogP contribution in [0.15, 0.2) is 280 Å². The second-order valence-electron chi connectivity index (χ2n) is 23.8. The Hall–Kier alpha value is -12.2. The van der Waals surface area contributed by atoms with E-state index in [2.05, 4.69) is 5.32 Å². The molecule has 1 aliphatic rings. The standard InChI is InChI=1S/C81H77N4O19P3/c1-57(86)82-80(81(87)88)51-58-7-19-74(20-8-58)99-105(100-75-21-9-59(10-22-75)52-94-69-41-31-64(89-2)32-42-69)83-106(101-76-23-11-60(12-24-76)53-95-70-43-33-65(90-3)34-44-70,102-77-25-13-61(14-26-77)54-96-71-45-35-66(91-4)36-46-71)85-107(84-105,103-78-27-15-62(16-28-78)55-97-72-47-37-67(92-5)38-48-72)104-79-29-17-63(18-30-79)56-98-73-49-39-68(93-6)40-50-73/h7-50,80H,51-56H2,1-6H3,(H,82,86)(H,87,88). The van der Waals surface area contributed by atoms with Gasteiger partial charge in [-0.2, -0.15) is 0 Å². The zero-order valence-corrected chi connectivity index (χ0v) is 61.9. The summed E-state index contributed by atoms with van der Waals surface area (Å²) in [7, 11) is -5.69. The summed E-state index contributed by atoms with van der Waals surface area (Å²) in [4.78, 5) is 24.7. The van der Waals surface area contributed by atoms with Gasteiger partial charge in [0.25, 0.3) is 0 Å². The molecule has 0 radical (unpaired) electrons. The van der Waals surface area contributed by atoms with E-state index in [0.717, 1.165) is 27.8 Å². The molecule has 1 aliphatic heterocycles. The Kier molecular flexibility index (Phi) is 24.8. The molecule has 1 amide bonds. The maximum Gasteiger partial charge on any atom is 0.460 e. The number of hydrogen-bond acceptors (Lipinski definition) is 21. The first-order valence-electron chi connectivity index (χ1n) is 33.6. The molecule has 11 aromatic carbocycles. The molecule has 0 saturated heterocycles. The summed E-state index contributed by atoms with van der Waals surface area (Å²) in [6, 6.07) is 77.5. The van der Waals surface area contributed by atoms with Crippen LogP contribution in [0, 0.1) is 0 Å². The molecular formula is C81H77N4O19P3. The van der Waals surface area contributed by atoms with Gasteiger partial charge in [0.2, 0.25) is 5.91 Å². The maximum atomic E-state index is 12.5. The average Bonchev–Trinajstić information content (AvgIpc) is 0.729. The van der Waals surface area contributed by atoms with Crippen LogP contribution in [0.4, 0.5) is 0 Å². The highest BCUT2D eigenvalue weighted by molar-refractivity contribution is 7.79. The fourth-order valence-corrected chi connectivity index (χ4v) is 19.4. The van der Waals surface area contributed by atoms with Gasteiger partial charge in [0, 0.05) is 13.3 Å². The van der Waals surface area contributed by atoms with Crippen LogP contribution < -0.4 is 79.8 Å². The van der Waals surface area contributed by atoms with E-state index in [9.17, 15) is 14.7 Å². The molecule has 2 N–H and O–H groups in total. The number of carboxylic acids is 1. The SMILES string of the molecule is COc1ccc(OCc2ccc(OP3(Oc4ccc(COc5ccc(OC)cc5)cc4)=NP(Oc4ccc(COc5ccc(OC)cc5)cc4)(Oc4ccc(COc5ccc(OC)cc5)cc4)=NP(Oc4ccc(COc5ccc(OC)cc5)cc4)(Oc4ccc(CC(NC(C)=O)C(=O)O)cc4)=N3)cc2)cc1. The molecule has 550 valence electrons. The van der Waals surface area contributed by atoms with Crippen LogP contribution in [0.2, 0.25) is 0 Å². The highest BCUT2D eigenvalue weighted by Gasteiger charge is 2.49. The molecular weight excluding hydrogens is 1430 g/mol. The first-order chi connectivity index (χ1) is 52.1. The molecule has 0 spiro atoms. The maximum absolute atomic E-state index is 12.5. The van der Waals surface area contributed by atoms with Crippen LogP contribution in [0.25, 0.3) is 0 Å². The van der Waals surface area contributed by atoms with Crippen molar-refractivity contribution in [2.45, 2.75) is 52.4 Å². The van der Waals surface area contributed by atoms with Crippen molar-refractivity contribution in [2.24, 2.45) is 13.5 Å². The highest BCUT2D eigenvalue weighted by Crippen LogP contribution is 2.78. The van der Waals surface area contributed by atoms with Gasteiger partial charge in [-0.25, -0.2) is 4.79 Å². The van der Waals surface area contributed by atoms with Gasteiger partial charge >= 0.3 is 28.9 Å². The molecule has 26 heteroatoms. The smallest absolute Gasteiger partial charge is 0.460 e. The lowest BCUT2D eigenvalue weighted by Crippen LogP contribution is -2.41. The van der Waals surface area contributed by atoms with Crippen LogP contribution in [-0.2, 0) is 49.0 Å². The molecule has 23 nitrogen and oxygen atoms in total. The third kappa shape index (κ3) is 21.3. The van der Waals surface area contributed by atoms with Crippen LogP contribution in [0.3, 0.4) is 0 Å². The van der Waals surface area contributed by atoms with E-state index in [1.807, 2.05) is 182 Å². The lowest BCUT2D eigenvalue weighted by atomic mass is 10.1. The first-order valence-corrected chi connectivity index (χ1v) is 38.2. The molecule has 0 aliphatic carbocycles. The van der Waals surface area contributed by atoms with E-state index in [0.29, 0.717) is 63.1 Å². The zero-order valence-electron chi connectivity index (χ0n) is 59.2. The quantitative estimate of drug-likeness (QED) is 0.0346. The van der Waals surface area contributed by atoms with E-state index >= 15 is 0 Å². The predicted molar refractivity (Wildman–Crippen MR) is 406 cm³/mol. The number of methoxy groups -OCH3 is 5. The van der Waals surface area contributed by atoms with Crippen molar-refractivity contribution in [1.29, 1.82) is 0 Å². The monoisotopic (exact) mass is 1500 g/mol. The van der Waals surface area contributed by atoms with Crippen molar-refractivity contribution < 1.29 is 89.2 Å². The molecule has 11 aromatic rings. The van der Waals surface area contributed by atoms with E-state index in [1.54, 1.807) is 120 Å². The Morgan fingerprint density at radius 2 is 0.449 bits per heavy atom. The van der Waals surface area contributed by atoms with Crippen molar-refractivity contribution in [3.8, 4) is 92.0 Å². The minimum atomic E-state index is -4.58. The van der Waals surface area contributed by atoms with Crippen molar-refractivity contribution in [3.05, 3.63) is 300 Å². The Balaban J connectivity index is 1.02. The van der Waals surface area contributed by atoms with Gasteiger partial charge in [-0.05, 0) is 228 Å². The Morgan fingerprint density at radius 3 is 0.617 bits per heavy atom. The number of ether oxygens (including phenoxy) is 10. The largest absolute Gasteiger partial charge is 0.497 e. The van der Waals surface area contributed by atoms with E-state index in [-0.39, 0.29) is 74.0 Å². The Morgan fingerprint density at radius 1 is 0.280 bits per heavy atom. The summed E-state index contributed by atoms with van der Waals surface area (Å²) < 4.78 is 118. The topological polar surface area (TPSA) is 251 Å². The van der Waals surface area contributed by atoms with E-state index in [1.165, 1.54) is 6.92 Å². The number of aliphatic carboxylic acids is 1. The zero-order chi connectivity index (χ0) is 74.4. The van der Waals surface area contributed by atoms with E-state index in [4.69, 9.17) is 88.1 Å². The van der Waals surface area contributed by atoms with Crippen LogP contribution in [0.1, 0.15) is 40.3 Å². The normalized spacial score (nSPS) is 14.0. The summed E-state index contributed by atoms with van der Waals surface area (Å²) in [5.74, 6) is 6.14. The first kappa shape index (κ1) is 74.6. The van der Waals surface area contributed by atoms with E-state index < -0.39 is 40.9 Å². The van der Waals surface area contributed by atoms with Gasteiger partial charge in [-0.3, -0.25) is 4.79 Å². The van der Waals surface area contributed by atoms with Crippen LogP contribution in [-0.4, -0.2) is 58.6 Å². The molecule has 0 fully saturated rings. The fourth-order valence-electron chi connectivity index (χ4n) is 10.4. The number of amides is 1. The van der Waals surface area contributed by atoms with Gasteiger partial charge in [-0.1, -0.05) is 86.3 Å². The summed E-state index contributed by atoms with van der Waals surface area (Å²) in [5, 5.41) is 12.7. The number of nitrogens with one attached hydrogen (secondary N) is 1. The van der Waals surface area contributed by atoms with Gasteiger partial charge in [0.1, 0.15) is 131 Å². The molecule has 2 unspecified atom stereocenters. The van der Waals surface area contributed by atoms with Crippen molar-refractivity contribution in [3.63, 3.8) is 0 Å². The molecule has 0 aromatic heterocycles. The lowest BCUT2D eigenvalue weighted by molar-refractivity contribution is -0.141. The van der Waals surface area contributed by atoms with Gasteiger partial charge in [-0.15, -0.1) is 0 Å². The van der Waals surface area contributed by atoms with Crippen molar-refractivity contribution in [2.75, 3.05) is 35.5 Å². The number of carboxylic acid groups (broad SMARTS) is 1. The van der Waals surface area contributed by atoms with Gasteiger partial charge in [0.15, 0.2) is 0 Å². The molecule has 1 heterocycles. The molecule has 107 heavy (non-hydrogen) atoms. The summed E-state index contributed by atoms with van der Waals surface area (Å²) in [6.45, 7) is 2.18. The molecule has 2 atom stereocenters. The summed E-state index contributed by atoms with van der Waals surface area (Å²) in [5.41, 5.74) is 4.45. The second kappa shape index (κ2) is 35.6. The Labute approximate surface area is 620 Å². The summed E-state index contributed by atoms with van der Waals surface area (Å²) in [6.07, 6.45) is -0.0711. The van der Waals surface area contributed by atoms with Gasteiger partial charge in [0.05, 0.1) is 35.5 Å². The predicted octanol–water partition coefficient (Wildman–Crippen LogP) is 19.4. The summed E-state index contributed by atoms with van der Waals surface area (Å²) >= 11 is 0.